The zero-order chi connectivity index (χ0) is 26.0. The summed E-state index contributed by atoms with van der Waals surface area (Å²) < 4.78 is 0.922. The highest BCUT2D eigenvalue weighted by atomic mass is 79.9. The first-order chi connectivity index (χ1) is 17.1. The maximum Gasteiger partial charge on any atom is 0.254 e. The Morgan fingerprint density at radius 3 is 2.36 bits per heavy atom. The van der Waals surface area contributed by atoms with Gasteiger partial charge in [-0.25, -0.2) is 0 Å². The minimum absolute atomic E-state index is 0.0116. The molecular weight excluding hydrogens is 532 g/mol. The molecule has 0 unspecified atom stereocenters. The normalized spacial score (nSPS) is 16.4. The van der Waals surface area contributed by atoms with Gasteiger partial charge in [-0.3, -0.25) is 9.59 Å². The first kappa shape index (κ1) is 26.6. The van der Waals surface area contributed by atoms with Crippen LogP contribution in [0.2, 0.25) is 0 Å². The molecule has 2 aromatic carbocycles. The van der Waals surface area contributed by atoms with E-state index in [4.69, 9.17) is 0 Å². The van der Waals surface area contributed by atoms with Gasteiger partial charge in [0.2, 0.25) is 5.91 Å². The third kappa shape index (κ3) is 5.60. The number of hydrogen-bond donors (Lipinski definition) is 0. The summed E-state index contributed by atoms with van der Waals surface area (Å²) in [4.78, 5) is 32.4. The first-order valence-electron chi connectivity index (χ1n) is 12.6. The molecule has 6 heteroatoms. The van der Waals surface area contributed by atoms with Gasteiger partial charge in [0, 0.05) is 27.5 Å². The van der Waals surface area contributed by atoms with E-state index in [1.807, 2.05) is 36.1 Å². The van der Waals surface area contributed by atoms with Crippen molar-refractivity contribution in [2.75, 3.05) is 13.1 Å². The topological polar surface area (TPSA) is 40.6 Å². The van der Waals surface area contributed by atoms with Crippen LogP contribution in [0.25, 0.3) is 0 Å². The van der Waals surface area contributed by atoms with Gasteiger partial charge >= 0.3 is 0 Å². The van der Waals surface area contributed by atoms with Gasteiger partial charge < -0.3 is 9.80 Å². The number of carbonyl (C=O) groups is 2. The Morgan fingerprint density at radius 2 is 1.75 bits per heavy atom. The van der Waals surface area contributed by atoms with Gasteiger partial charge in [-0.15, -0.1) is 11.3 Å². The molecule has 0 N–H and O–H groups in total. The molecule has 1 aromatic heterocycles. The molecule has 1 aliphatic rings. The van der Waals surface area contributed by atoms with Crippen molar-refractivity contribution in [2.45, 2.75) is 65.0 Å². The van der Waals surface area contributed by atoms with Crippen molar-refractivity contribution < 1.29 is 9.59 Å². The molecule has 2 atom stereocenters. The van der Waals surface area contributed by atoms with Crippen LogP contribution in [0.3, 0.4) is 0 Å². The average molecular weight is 568 g/mol. The van der Waals surface area contributed by atoms with Gasteiger partial charge in [-0.05, 0) is 77.6 Å². The molecule has 190 valence electrons. The molecule has 2 heterocycles. The lowest BCUT2D eigenvalue weighted by atomic mass is 9.85. The molecule has 0 saturated heterocycles. The molecule has 2 amide bonds. The summed E-state index contributed by atoms with van der Waals surface area (Å²) in [5.41, 5.74) is 4.26. The van der Waals surface area contributed by atoms with Crippen LogP contribution >= 0.6 is 27.3 Å². The third-order valence-corrected chi connectivity index (χ3v) is 8.68. The molecule has 4 nitrogen and oxygen atoms in total. The molecule has 0 bridgehead atoms. The predicted molar refractivity (Wildman–Crippen MR) is 152 cm³/mol. The van der Waals surface area contributed by atoms with E-state index in [2.05, 4.69) is 79.3 Å². The molecule has 0 aliphatic carbocycles. The maximum atomic E-state index is 13.9. The Labute approximate surface area is 227 Å². The molecule has 3 aromatic rings. The summed E-state index contributed by atoms with van der Waals surface area (Å²) in [6, 6.07) is 18.0. The maximum absolute atomic E-state index is 13.9. The Balaban J connectivity index is 1.64. The van der Waals surface area contributed by atoms with Crippen LogP contribution in [0.15, 0.2) is 64.5 Å². The van der Waals surface area contributed by atoms with E-state index < -0.39 is 0 Å². The Hall–Kier alpha value is -2.44. The fourth-order valence-electron chi connectivity index (χ4n) is 4.75. The van der Waals surface area contributed by atoms with Gasteiger partial charge in [0.15, 0.2) is 0 Å². The molecule has 0 saturated carbocycles. The molecule has 0 spiro atoms. The van der Waals surface area contributed by atoms with Crippen molar-refractivity contribution >= 4 is 39.1 Å². The van der Waals surface area contributed by atoms with Crippen LogP contribution in [0.5, 0.6) is 0 Å². The summed E-state index contributed by atoms with van der Waals surface area (Å²) in [6.45, 7) is 11.4. The number of carbonyl (C=O) groups excluding carboxylic acids is 2. The van der Waals surface area contributed by atoms with E-state index in [0.717, 1.165) is 22.9 Å². The Morgan fingerprint density at radius 1 is 1.08 bits per heavy atom. The zero-order valence-electron chi connectivity index (χ0n) is 21.8. The monoisotopic (exact) mass is 566 g/mol. The van der Waals surface area contributed by atoms with E-state index in [1.165, 1.54) is 16.0 Å². The highest BCUT2D eigenvalue weighted by molar-refractivity contribution is 9.10. The number of halogens is 1. The van der Waals surface area contributed by atoms with E-state index in [0.29, 0.717) is 12.1 Å². The van der Waals surface area contributed by atoms with E-state index in [9.17, 15) is 9.59 Å². The van der Waals surface area contributed by atoms with Gasteiger partial charge in [-0.2, -0.15) is 0 Å². The molecule has 4 rings (SSSR count). The Bertz CT molecular complexity index is 1210. The predicted octanol–water partition coefficient (Wildman–Crippen LogP) is 7.22. The summed E-state index contributed by atoms with van der Waals surface area (Å²) >= 11 is 5.20. The minimum atomic E-state index is -0.136. The second-order valence-corrected chi connectivity index (χ2v) is 12.5. The second-order valence-electron chi connectivity index (χ2n) is 10.6. The second kappa shape index (κ2) is 10.9. The number of amides is 2. The van der Waals surface area contributed by atoms with E-state index in [1.54, 1.807) is 16.2 Å². The molecule has 1 aliphatic heterocycles. The van der Waals surface area contributed by atoms with Crippen molar-refractivity contribution in [2.24, 2.45) is 0 Å². The third-order valence-electron chi connectivity index (χ3n) is 7.16. The standard InChI is InChI=1S/C30H35BrN2O2S/c1-6-20(2)33(29(35)22-9-13-24(31)14-10-22)19-27(34)32-17-15-26-25(16-18-36-26)28(32)21-7-11-23(12-8-21)30(3,4)5/h7-14,16,18,20,28H,6,15,17,19H2,1-5H3/t20-,28+/m1/s1. The van der Waals surface area contributed by atoms with Crippen LogP contribution < -0.4 is 0 Å². The van der Waals surface area contributed by atoms with Gasteiger partial charge in [0.05, 0.1) is 6.04 Å². The summed E-state index contributed by atoms with van der Waals surface area (Å²) in [7, 11) is 0. The highest BCUT2D eigenvalue weighted by Crippen LogP contribution is 2.38. The summed E-state index contributed by atoms with van der Waals surface area (Å²) in [6.07, 6.45) is 1.63. The smallest absolute Gasteiger partial charge is 0.254 e. The molecule has 0 fully saturated rings. The SMILES string of the molecule is CC[C@@H](C)N(CC(=O)N1CCc2sccc2[C@@H]1c1ccc(C(C)(C)C)cc1)C(=O)c1ccc(Br)cc1. The fraction of sp³-hybridized carbons (Fsp3) is 0.400. The number of hydrogen-bond acceptors (Lipinski definition) is 3. The number of fused-ring (bicyclic) bond motifs is 1. The van der Waals surface area contributed by atoms with Crippen molar-refractivity contribution in [3.8, 4) is 0 Å². The summed E-state index contributed by atoms with van der Waals surface area (Å²) in [5.74, 6) is -0.118. The number of nitrogens with zero attached hydrogens (tertiary/aromatic N) is 2. The minimum Gasteiger partial charge on any atom is -0.330 e. The van der Waals surface area contributed by atoms with Crippen molar-refractivity contribution in [3.63, 3.8) is 0 Å². The largest absolute Gasteiger partial charge is 0.330 e. The fourth-order valence-corrected chi connectivity index (χ4v) is 5.92. The van der Waals surface area contributed by atoms with Crippen LogP contribution in [0.1, 0.15) is 79.0 Å². The highest BCUT2D eigenvalue weighted by Gasteiger charge is 2.35. The average Bonchev–Trinajstić information content (AvgIpc) is 3.34. The number of benzene rings is 2. The van der Waals surface area contributed by atoms with E-state index >= 15 is 0 Å². The van der Waals surface area contributed by atoms with Crippen molar-refractivity contribution in [1.29, 1.82) is 0 Å². The molecular formula is C30H35BrN2O2S. The van der Waals surface area contributed by atoms with Crippen LogP contribution in [0.4, 0.5) is 0 Å². The van der Waals surface area contributed by atoms with Gasteiger partial charge in [-0.1, -0.05) is 67.9 Å². The zero-order valence-corrected chi connectivity index (χ0v) is 24.2. The lowest BCUT2D eigenvalue weighted by Crippen LogP contribution is -2.49. The van der Waals surface area contributed by atoms with Crippen molar-refractivity contribution in [3.05, 3.63) is 91.6 Å². The summed E-state index contributed by atoms with van der Waals surface area (Å²) in [5, 5.41) is 2.12. The van der Waals surface area contributed by atoms with Gasteiger partial charge in [0.25, 0.3) is 5.91 Å². The van der Waals surface area contributed by atoms with Crippen LogP contribution in [-0.2, 0) is 16.6 Å². The van der Waals surface area contributed by atoms with Gasteiger partial charge in [0.1, 0.15) is 6.54 Å². The first-order valence-corrected chi connectivity index (χ1v) is 14.3. The molecule has 0 radical (unpaired) electrons. The quantitative estimate of drug-likeness (QED) is 0.316. The van der Waals surface area contributed by atoms with Crippen LogP contribution in [-0.4, -0.2) is 40.7 Å². The lowest BCUT2D eigenvalue weighted by molar-refractivity contribution is -0.134. The number of rotatable bonds is 6. The van der Waals surface area contributed by atoms with E-state index in [-0.39, 0.29) is 35.9 Å². The number of thiophene rings is 1. The Kier molecular flexibility index (Phi) is 8.06. The van der Waals surface area contributed by atoms with Crippen LogP contribution in [0, 0.1) is 0 Å². The molecule has 36 heavy (non-hydrogen) atoms. The lowest BCUT2D eigenvalue weighted by Gasteiger charge is -2.38. The van der Waals surface area contributed by atoms with Crippen molar-refractivity contribution in [1.82, 2.24) is 9.80 Å².